The molecule has 1 aliphatic carbocycles. The summed E-state index contributed by atoms with van der Waals surface area (Å²) in [6.45, 7) is 18.2. The number of amides is 4. The van der Waals surface area contributed by atoms with Crippen LogP contribution in [0.25, 0.3) is 0 Å². The van der Waals surface area contributed by atoms with Crippen molar-refractivity contribution in [1.29, 1.82) is 0 Å². The Bertz CT molecular complexity index is 982. The number of hydrogen-bond acceptors (Lipinski definition) is 5. The molecule has 212 valence electrons. The van der Waals surface area contributed by atoms with E-state index < -0.39 is 29.4 Å². The zero-order chi connectivity index (χ0) is 28.6. The van der Waals surface area contributed by atoms with Gasteiger partial charge < -0.3 is 20.9 Å². The van der Waals surface area contributed by atoms with Crippen molar-refractivity contribution < 1.29 is 24.0 Å². The van der Waals surface area contributed by atoms with E-state index in [1.165, 1.54) is 6.08 Å². The SMILES string of the molecule is C=CC(=O)[C@H](C[C@@H]1CCCNC1=O)NC(=O)[C@@H]1[C@@H]2[C@H](CN1C(=O)[C@H](CC(C)C)NC(=O)C(C)(C)C)C2(C)C. The number of nitrogens with zero attached hydrogens (tertiary/aromatic N) is 1. The summed E-state index contributed by atoms with van der Waals surface area (Å²) in [5.41, 5.74) is -0.771. The second-order valence-corrected chi connectivity index (χ2v) is 13.3. The van der Waals surface area contributed by atoms with Crippen molar-refractivity contribution in [3.8, 4) is 0 Å². The highest BCUT2D eigenvalue weighted by atomic mass is 16.2. The molecule has 0 radical (unpaired) electrons. The Morgan fingerprint density at radius 3 is 2.37 bits per heavy atom. The van der Waals surface area contributed by atoms with E-state index in [-0.39, 0.29) is 59.0 Å². The maximum absolute atomic E-state index is 13.9. The first-order valence-electron chi connectivity index (χ1n) is 13.9. The minimum Gasteiger partial charge on any atom is -0.356 e. The fraction of sp³-hybridized carbons (Fsp3) is 0.759. The Balaban J connectivity index is 1.83. The lowest BCUT2D eigenvalue weighted by molar-refractivity contribution is -0.145. The predicted octanol–water partition coefficient (Wildman–Crippen LogP) is 2.20. The molecule has 38 heavy (non-hydrogen) atoms. The fourth-order valence-electron chi connectivity index (χ4n) is 6.07. The summed E-state index contributed by atoms with van der Waals surface area (Å²) in [6.07, 6.45) is 3.29. The topological polar surface area (TPSA) is 125 Å². The first kappa shape index (κ1) is 29.8. The third-order valence-corrected chi connectivity index (χ3v) is 8.53. The second kappa shape index (κ2) is 11.2. The van der Waals surface area contributed by atoms with Gasteiger partial charge in [-0.25, -0.2) is 0 Å². The molecule has 3 aliphatic rings. The van der Waals surface area contributed by atoms with Crippen LogP contribution < -0.4 is 16.0 Å². The van der Waals surface area contributed by atoms with Crippen LogP contribution in [0.3, 0.4) is 0 Å². The van der Waals surface area contributed by atoms with Gasteiger partial charge in [0, 0.05) is 24.4 Å². The van der Waals surface area contributed by atoms with E-state index in [4.69, 9.17) is 0 Å². The van der Waals surface area contributed by atoms with Gasteiger partial charge in [-0.1, -0.05) is 55.0 Å². The Hall–Kier alpha value is -2.71. The molecule has 0 bridgehead atoms. The van der Waals surface area contributed by atoms with Crippen molar-refractivity contribution in [3.63, 3.8) is 0 Å². The van der Waals surface area contributed by atoms with Crippen molar-refractivity contribution in [1.82, 2.24) is 20.9 Å². The largest absolute Gasteiger partial charge is 0.356 e. The van der Waals surface area contributed by atoms with Crippen molar-refractivity contribution in [2.24, 2.45) is 34.5 Å². The van der Waals surface area contributed by atoms with Gasteiger partial charge >= 0.3 is 0 Å². The highest BCUT2D eigenvalue weighted by Crippen LogP contribution is 2.65. The summed E-state index contributed by atoms with van der Waals surface area (Å²) >= 11 is 0. The summed E-state index contributed by atoms with van der Waals surface area (Å²) in [7, 11) is 0. The van der Waals surface area contributed by atoms with Gasteiger partial charge in [-0.2, -0.15) is 0 Å². The number of ketones is 1. The molecule has 1 saturated carbocycles. The third-order valence-electron chi connectivity index (χ3n) is 8.53. The molecule has 9 nitrogen and oxygen atoms in total. The molecule has 2 heterocycles. The lowest BCUT2D eigenvalue weighted by atomic mass is 9.89. The molecule has 9 heteroatoms. The third kappa shape index (κ3) is 6.29. The van der Waals surface area contributed by atoms with Crippen LogP contribution in [0.1, 0.15) is 74.1 Å². The molecule has 2 saturated heterocycles. The summed E-state index contributed by atoms with van der Waals surface area (Å²) in [5.74, 6) is -1.43. The molecule has 0 aromatic rings. The number of nitrogens with one attached hydrogen (secondary N) is 3. The number of likely N-dealkylation sites (tertiary alicyclic amines) is 1. The molecule has 4 amide bonds. The molecular formula is C29H46N4O5. The number of piperidine rings is 2. The molecular weight excluding hydrogens is 484 g/mol. The van der Waals surface area contributed by atoms with Crippen molar-refractivity contribution in [2.45, 2.75) is 92.3 Å². The lowest BCUT2D eigenvalue weighted by Crippen LogP contribution is -2.58. The molecule has 3 N–H and O–H groups in total. The number of hydrogen-bond donors (Lipinski definition) is 3. The molecule has 2 aliphatic heterocycles. The summed E-state index contributed by atoms with van der Waals surface area (Å²) in [4.78, 5) is 67.1. The second-order valence-electron chi connectivity index (χ2n) is 13.3. The predicted molar refractivity (Wildman–Crippen MR) is 145 cm³/mol. The van der Waals surface area contributed by atoms with Crippen LogP contribution in [-0.4, -0.2) is 65.5 Å². The maximum atomic E-state index is 13.9. The summed E-state index contributed by atoms with van der Waals surface area (Å²) in [6, 6.07) is -2.38. The summed E-state index contributed by atoms with van der Waals surface area (Å²) < 4.78 is 0. The van der Waals surface area contributed by atoms with Crippen LogP contribution >= 0.6 is 0 Å². The monoisotopic (exact) mass is 530 g/mol. The number of fused-ring (bicyclic) bond motifs is 1. The van der Waals surface area contributed by atoms with E-state index in [2.05, 4.69) is 36.4 Å². The van der Waals surface area contributed by atoms with Crippen molar-refractivity contribution in [2.75, 3.05) is 13.1 Å². The molecule has 0 aromatic carbocycles. The zero-order valence-electron chi connectivity index (χ0n) is 24.1. The normalized spacial score (nSPS) is 27.6. The van der Waals surface area contributed by atoms with Crippen LogP contribution in [0.5, 0.6) is 0 Å². The van der Waals surface area contributed by atoms with Crippen LogP contribution in [0.4, 0.5) is 0 Å². The van der Waals surface area contributed by atoms with Gasteiger partial charge in [0.15, 0.2) is 5.78 Å². The van der Waals surface area contributed by atoms with E-state index >= 15 is 0 Å². The molecule has 0 spiro atoms. The lowest BCUT2D eigenvalue weighted by Gasteiger charge is -2.35. The fourth-order valence-corrected chi connectivity index (χ4v) is 6.07. The zero-order valence-corrected chi connectivity index (χ0v) is 24.1. The highest BCUT2D eigenvalue weighted by molar-refractivity contribution is 5.99. The quantitative estimate of drug-likeness (QED) is 0.374. The number of carbonyl (C=O) groups is 5. The van der Waals surface area contributed by atoms with Gasteiger partial charge in [0.1, 0.15) is 12.1 Å². The maximum Gasteiger partial charge on any atom is 0.245 e. The van der Waals surface area contributed by atoms with Crippen LogP contribution in [0.2, 0.25) is 0 Å². The molecule has 3 rings (SSSR count). The Morgan fingerprint density at radius 1 is 1.16 bits per heavy atom. The molecule has 0 aromatic heterocycles. The Kier molecular flexibility index (Phi) is 8.78. The molecule has 0 unspecified atom stereocenters. The van der Waals surface area contributed by atoms with Crippen LogP contribution in [0.15, 0.2) is 12.7 Å². The van der Waals surface area contributed by atoms with E-state index in [1.54, 1.807) is 25.7 Å². The van der Waals surface area contributed by atoms with E-state index in [0.29, 0.717) is 25.9 Å². The summed E-state index contributed by atoms with van der Waals surface area (Å²) in [5, 5.41) is 8.64. The number of carbonyl (C=O) groups excluding carboxylic acids is 5. The van der Waals surface area contributed by atoms with Crippen LogP contribution in [-0.2, 0) is 24.0 Å². The first-order valence-corrected chi connectivity index (χ1v) is 13.9. The first-order chi connectivity index (χ1) is 17.6. The van der Waals surface area contributed by atoms with E-state index in [1.807, 2.05) is 13.8 Å². The average molecular weight is 531 g/mol. The van der Waals surface area contributed by atoms with Gasteiger partial charge in [-0.05, 0) is 54.9 Å². The molecule has 3 fully saturated rings. The van der Waals surface area contributed by atoms with Gasteiger partial charge in [-0.3, -0.25) is 24.0 Å². The van der Waals surface area contributed by atoms with Crippen molar-refractivity contribution in [3.05, 3.63) is 12.7 Å². The Labute approximate surface area is 226 Å². The molecule has 6 atom stereocenters. The van der Waals surface area contributed by atoms with Crippen molar-refractivity contribution >= 4 is 29.4 Å². The van der Waals surface area contributed by atoms with Gasteiger partial charge in [-0.15, -0.1) is 0 Å². The standard InChI is InChI=1S/C29H46N4O5/c1-9-21(34)19(14-17-11-10-12-30-24(17)35)31-25(36)23-22-18(29(22,7)8)15-33(23)26(37)20(13-16(2)3)32-27(38)28(4,5)6/h9,16-20,22-23H,1,10-15H2,2-8H3,(H,30,35)(H,31,36)(H,32,38)/t17-,18-,19-,20-,22-,23-/m0/s1. The highest BCUT2D eigenvalue weighted by Gasteiger charge is 2.69. The minimum atomic E-state index is -0.890. The van der Waals surface area contributed by atoms with E-state index in [0.717, 1.165) is 6.42 Å². The average Bonchev–Trinajstić information content (AvgIpc) is 3.16. The van der Waals surface area contributed by atoms with Gasteiger partial charge in [0.05, 0.1) is 6.04 Å². The smallest absolute Gasteiger partial charge is 0.245 e. The van der Waals surface area contributed by atoms with E-state index in [9.17, 15) is 24.0 Å². The number of rotatable bonds is 10. The van der Waals surface area contributed by atoms with Gasteiger partial charge in [0.2, 0.25) is 23.6 Å². The van der Waals surface area contributed by atoms with Crippen LogP contribution in [0, 0.1) is 34.5 Å². The minimum absolute atomic E-state index is 0.0399. The Morgan fingerprint density at radius 2 is 1.82 bits per heavy atom. The van der Waals surface area contributed by atoms with Gasteiger partial charge in [0.25, 0.3) is 0 Å².